The van der Waals surface area contributed by atoms with Crippen LogP contribution in [-0.2, 0) is 11.3 Å². The van der Waals surface area contributed by atoms with Crippen LogP contribution in [0.1, 0.15) is 31.0 Å². The van der Waals surface area contributed by atoms with Gasteiger partial charge in [-0.15, -0.1) is 6.42 Å². The average molecular weight is 293 g/mol. The molecule has 1 saturated carbocycles. The van der Waals surface area contributed by atoms with Gasteiger partial charge in [-0.25, -0.2) is 4.98 Å². The highest BCUT2D eigenvalue weighted by atomic mass is 16.2. The highest BCUT2D eigenvalue weighted by molar-refractivity contribution is 5.81. The van der Waals surface area contributed by atoms with Crippen LogP contribution >= 0.6 is 0 Å². The number of hydrogen-bond acceptors (Lipinski definition) is 2. The summed E-state index contributed by atoms with van der Waals surface area (Å²) in [4.78, 5) is 19.0. The summed E-state index contributed by atoms with van der Waals surface area (Å²) in [6, 6.07) is 8.03. The lowest BCUT2D eigenvalue weighted by Gasteiger charge is -2.16. The summed E-state index contributed by atoms with van der Waals surface area (Å²) in [6.07, 6.45) is 8.62. The predicted octanol–water partition coefficient (Wildman–Crippen LogP) is 2.40. The number of benzene rings is 1. The van der Waals surface area contributed by atoms with Crippen LogP contribution in [0.4, 0.5) is 0 Å². The van der Waals surface area contributed by atoms with Crippen molar-refractivity contribution in [1.29, 1.82) is 0 Å². The quantitative estimate of drug-likeness (QED) is 0.812. The van der Waals surface area contributed by atoms with Gasteiger partial charge in [-0.3, -0.25) is 4.79 Å². The molecule has 2 aromatic rings. The second kappa shape index (κ2) is 5.17. The van der Waals surface area contributed by atoms with E-state index in [-0.39, 0.29) is 11.8 Å². The SMILES string of the molecule is C#CCn1c([C@@H]2CC(=O)N(CC3CC3)C2)nc2ccccc21. The smallest absolute Gasteiger partial charge is 0.223 e. The van der Waals surface area contributed by atoms with Gasteiger partial charge < -0.3 is 9.47 Å². The Morgan fingerprint density at radius 1 is 1.32 bits per heavy atom. The summed E-state index contributed by atoms with van der Waals surface area (Å²) in [6.45, 7) is 2.21. The number of terminal acetylenes is 1. The maximum atomic E-state index is 12.3. The van der Waals surface area contributed by atoms with E-state index in [1.807, 2.05) is 29.2 Å². The number of aromatic nitrogens is 2. The fourth-order valence-electron chi connectivity index (χ4n) is 3.40. The van der Waals surface area contributed by atoms with Gasteiger partial charge in [0.1, 0.15) is 5.82 Å². The van der Waals surface area contributed by atoms with Crippen molar-refractivity contribution in [2.75, 3.05) is 13.1 Å². The normalized spacial score (nSPS) is 21.5. The fourth-order valence-corrected chi connectivity index (χ4v) is 3.40. The molecule has 0 N–H and O–H groups in total. The summed E-state index contributed by atoms with van der Waals surface area (Å²) in [5.41, 5.74) is 2.02. The minimum Gasteiger partial charge on any atom is -0.342 e. The number of likely N-dealkylation sites (tertiary alicyclic amines) is 1. The Labute approximate surface area is 130 Å². The highest BCUT2D eigenvalue weighted by Crippen LogP contribution is 2.35. The predicted molar refractivity (Wildman–Crippen MR) is 85.2 cm³/mol. The van der Waals surface area contributed by atoms with Crippen LogP contribution in [0.2, 0.25) is 0 Å². The molecule has 1 aliphatic carbocycles. The topological polar surface area (TPSA) is 38.1 Å². The minimum absolute atomic E-state index is 0.159. The van der Waals surface area contributed by atoms with Crippen molar-refractivity contribution < 1.29 is 4.79 Å². The molecule has 1 aromatic carbocycles. The number of imidazole rings is 1. The molecular formula is C18H19N3O. The lowest BCUT2D eigenvalue weighted by atomic mass is 10.1. The fraction of sp³-hybridized carbons (Fsp3) is 0.444. The Morgan fingerprint density at radius 2 is 2.14 bits per heavy atom. The molecule has 4 nitrogen and oxygen atoms in total. The molecule has 2 fully saturated rings. The van der Waals surface area contributed by atoms with Crippen molar-refractivity contribution in [2.24, 2.45) is 5.92 Å². The number of rotatable bonds is 4. The van der Waals surface area contributed by atoms with Crippen LogP contribution < -0.4 is 0 Å². The van der Waals surface area contributed by atoms with Crippen molar-refractivity contribution in [2.45, 2.75) is 31.7 Å². The maximum Gasteiger partial charge on any atom is 0.223 e. The highest BCUT2D eigenvalue weighted by Gasteiger charge is 2.36. The van der Waals surface area contributed by atoms with E-state index in [0.29, 0.717) is 13.0 Å². The van der Waals surface area contributed by atoms with Crippen molar-refractivity contribution in [3.8, 4) is 12.3 Å². The molecule has 22 heavy (non-hydrogen) atoms. The van der Waals surface area contributed by atoms with Crippen molar-refractivity contribution >= 4 is 16.9 Å². The molecule has 2 heterocycles. The van der Waals surface area contributed by atoms with Crippen LogP contribution in [0.25, 0.3) is 11.0 Å². The second-order valence-corrected chi connectivity index (χ2v) is 6.39. The summed E-state index contributed by atoms with van der Waals surface area (Å²) in [5.74, 6) is 4.83. The first-order chi connectivity index (χ1) is 10.8. The zero-order valence-corrected chi connectivity index (χ0v) is 12.5. The van der Waals surface area contributed by atoms with Gasteiger partial charge in [-0.1, -0.05) is 18.1 Å². The number of hydrogen-bond donors (Lipinski definition) is 0. The van der Waals surface area contributed by atoms with Gasteiger partial charge in [-0.05, 0) is 30.9 Å². The molecule has 112 valence electrons. The molecule has 1 amide bonds. The Morgan fingerprint density at radius 3 is 2.91 bits per heavy atom. The van der Waals surface area contributed by atoms with Crippen molar-refractivity contribution in [3.63, 3.8) is 0 Å². The average Bonchev–Trinajstić information content (AvgIpc) is 3.16. The van der Waals surface area contributed by atoms with Crippen molar-refractivity contribution in [3.05, 3.63) is 30.1 Å². The Bertz CT molecular complexity index is 766. The Hall–Kier alpha value is -2.28. The van der Waals surface area contributed by atoms with Gasteiger partial charge in [0.15, 0.2) is 0 Å². The first-order valence-electron chi connectivity index (χ1n) is 7.92. The van der Waals surface area contributed by atoms with Crippen LogP contribution in [0, 0.1) is 18.3 Å². The molecule has 4 rings (SSSR count). The Balaban J connectivity index is 1.67. The lowest BCUT2D eigenvalue weighted by molar-refractivity contribution is -0.127. The number of nitrogens with zero attached hydrogens (tertiary/aromatic N) is 3. The van der Waals surface area contributed by atoms with Crippen molar-refractivity contribution in [1.82, 2.24) is 14.5 Å². The van der Waals surface area contributed by atoms with Crippen LogP contribution in [-0.4, -0.2) is 33.4 Å². The van der Waals surface area contributed by atoms with Crippen LogP contribution in [0.15, 0.2) is 24.3 Å². The van der Waals surface area contributed by atoms with E-state index in [1.165, 1.54) is 12.8 Å². The third-order valence-electron chi connectivity index (χ3n) is 4.69. The van der Waals surface area contributed by atoms with E-state index in [0.717, 1.165) is 35.9 Å². The standard InChI is InChI=1S/C18H19N3O/c1-2-9-21-16-6-4-3-5-15(16)19-18(21)14-10-17(22)20(12-14)11-13-7-8-13/h1,3-6,13-14H,7-12H2/t14-/m1/s1. The number of fused-ring (bicyclic) bond motifs is 1. The number of carbonyl (C=O) groups excluding carboxylic acids is 1. The molecule has 1 aromatic heterocycles. The summed E-state index contributed by atoms with van der Waals surface area (Å²) in [7, 11) is 0. The molecule has 1 aliphatic heterocycles. The molecule has 0 bridgehead atoms. The van der Waals surface area contributed by atoms with Gasteiger partial charge in [-0.2, -0.15) is 0 Å². The molecule has 0 unspecified atom stereocenters. The zero-order chi connectivity index (χ0) is 15.1. The van der Waals surface area contributed by atoms with Gasteiger partial charge >= 0.3 is 0 Å². The van der Waals surface area contributed by atoms with Crippen LogP contribution in [0.3, 0.4) is 0 Å². The van der Waals surface area contributed by atoms with E-state index in [1.54, 1.807) is 0 Å². The van der Waals surface area contributed by atoms with E-state index in [2.05, 4.69) is 10.5 Å². The monoisotopic (exact) mass is 293 g/mol. The lowest BCUT2D eigenvalue weighted by Crippen LogP contribution is -2.27. The summed E-state index contributed by atoms with van der Waals surface area (Å²) in [5, 5.41) is 0. The maximum absolute atomic E-state index is 12.3. The molecule has 0 spiro atoms. The first kappa shape index (κ1) is 13.4. The minimum atomic E-state index is 0.159. The van der Waals surface area contributed by atoms with Gasteiger partial charge in [0, 0.05) is 25.4 Å². The second-order valence-electron chi connectivity index (χ2n) is 6.39. The molecular weight excluding hydrogens is 274 g/mol. The largest absolute Gasteiger partial charge is 0.342 e. The van der Waals surface area contributed by atoms with E-state index in [4.69, 9.17) is 11.4 Å². The Kier molecular flexibility index (Phi) is 3.15. The summed E-state index contributed by atoms with van der Waals surface area (Å²) >= 11 is 0. The van der Waals surface area contributed by atoms with E-state index >= 15 is 0 Å². The molecule has 0 radical (unpaired) electrons. The molecule has 4 heteroatoms. The number of carbonyl (C=O) groups is 1. The number of amides is 1. The van der Waals surface area contributed by atoms with Gasteiger partial charge in [0.25, 0.3) is 0 Å². The van der Waals surface area contributed by atoms with Gasteiger partial charge in [0.2, 0.25) is 5.91 Å². The van der Waals surface area contributed by atoms with E-state index < -0.39 is 0 Å². The molecule has 1 atom stereocenters. The van der Waals surface area contributed by atoms with Crippen LogP contribution in [0.5, 0.6) is 0 Å². The third-order valence-corrected chi connectivity index (χ3v) is 4.69. The third kappa shape index (κ3) is 2.27. The zero-order valence-electron chi connectivity index (χ0n) is 12.5. The number of para-hydroxylation sites is 2. The van der Waals surface area contributed by atoms with Gasteiger partial charge in [0.05, 0.1) is 17.6 Å². The van der Waals surface area contributed by atoms with E-state index in [9.17, 15) is 4.79 Å². The first-order valence-corrected chi connectivity index (χ1v) is 7.92. The summed E-state index contributed by atoms with van der Waals surface area (Å²) < 4.78 is 2.09. The molecule has 1 saturated heterocycles. The molecule has 2 aliphatic rings.